The molecule has 0 fully saturated rings. The zero-order chi connectivity index (χ0) is 9.84. The van der Waals surface area contributed by atoms with Crippen molar-refractivity contribution in [2.75, 3.05) is 5.75 Å². The molecular formula is C8H10F2N2S. The fourth-order valence-electron chi connectivity index (χ4n) is 0.905. The van der Waals surface area contributed by atoms with Gasteiger partial charge in [-0.2, -0.15) is 0 Å². The molecule has 72 valence electrons. The number of hydrogen-bond acceptors (Lipinski definition) is 3. The molecule has 0 atom stereocenters. The highest BCUT2D eigenvalue weighted by atomic mass is 32.2. The van der Waals surface area contributed by atoms with Gasteiger partial charge < -0.3 is 0 Å². The lowest BCUT2D eigenvalue weighted by Crippen LogP contribution is -1.97. The summed E-state index contributed by atoms with van der Waals surface area (Å²) in [4.78, 5) is 8.07. The summed E-state index contributed by atoms with van der Waals surface area (Å²) in [5.74, 6) is 0.410. The predicted molar refractivity (Wildman–Crippen MR) is 48.2 cm³/mol. The van der Waals surface area contributed by atoms with Crippen molar-refractivity contribution in [1.29, 1.82) is 0 Å². The summed E-state index contributed by atoms with van der Waals surface area (Å²) >= 11 is 1.06. The second-order valence-electron chi connectivity index (χ2n) is 2.60. The van der Waals surface area contributed by atoms with Gasteiger partial charge in [-0.3, -0.25) is 0 Å². The van der Waals surface area contributed by atoms with Crippen molar-refractivity contribution >= 4 is 11.8 Å². The van der Waals surface area contributed by atoms with Crippen LogP contribution in [-0.2, 0) is 0 Å². The summed E-state index contributed by atoms with van der Waals surface area (Å²) in [6.07, 6.45) is -2.29. The number of aromatic nitrogens is 2. The van der Waals surface area contributed by atoms with Gasteiger partial charge in [0.05, 0.1) is 5.75 Å². The minimum Gasteiger partial charge on any atom is -0.238 e. The van der Waals surface area contributed by atoms with Crippen LogP contribution in [0.1, 0.15) is 11.5 Å². The maximum Gasteiger partial charge on any atom is 0.247 e. The summed E-state index contributed by atoms with van der Waals surface area (Å²) in [6.45, 7) is 3.57. The molecule has 0 saturated heterocycles. The molecule has 0 spiro atoms. The molecule has 0 aliphatic rings. The van der Waals surface area contributed by atoms with E-state index in [9.17, 15) is 8.78 Å². The Kier molecular flexibility index (Phi) is 3.59. The van der Waals surface area contributed by atoms with Crippen LogP contribution in [0, 0.1) is 13.8 Å². The largest absolute Gasteiger partial charge is 0.247 e. The third-order valence-corrected chi connectivity index (χ3v) is 2.22. The van der Waals surface area contributed by atoms with Crippen molar-refractivity contribution < 1.29 is 8.78 Å². The average Bonchev–Trinajstić information content (AvgIpc) is 1.99. The zero-order valence-electron chi connectivity index (χ0n) is 7.42. The van der Waals surface area contributed by atoms with Crippen LogP contribution >= 0.6 is 11.8 Å². The van der Waals surface area contributed by atoms with Gasteiger partial charge in [0, 0.05) is 5.69 Å². The lowest BCUT2D eigenvalue weighted by molar-refractivity contribution is 0.177. The highest BCUT2D eigenvalue weighted by molar-refractivity contribution is 7.99. The first kappa shape index (κ1) is 10.4. The number of thioether (sulfide) groups is 1. The standard InChI is InChI=1S/C8H10F2N2S/c1-5-3-8(12-6(2)11-5)13-4-7(9)10/h3,7H,4H2,1-2H3. The molecule has 0 bridgehead atoms. The first-order chi connectivity index (χ1) is 6.08. The topological polar surface area (TPSA) is 25.8 Å². The van der Waals surface area contributed by atoms with E-state index in [2.05, 4.69) is 9.97 Å². The van der Waals surface area contributed by atoms with Crippen LogP contribution < -0.4 is 0 Å². The molecule has 0 aliphatic heterocycles. The van der Waals surface area contributed by atoms with E-state index in [1.165, 1.54) is 0 Å². The second-order valence-corrected chi connectivity index (χ2v) is 3.64. The van der Waals surface area contributed by atoms with E-state index in [-0.39, 0.29) is 5.75 Å². The molecule has 0 saturated carbocycles. The van der Waals surface area contributed by atoms with Crippen LogP contribution in [0.2, 0.25) is 0 Å². The minimum absolute atomic E-state index is 0.212. The molecule has 0 radical (unpaired) electrons. The molecule has 0 unspecified atom stereocenters. The fraction of sp³-hybridized carbons (Fsp3) is 0.500. The Balaban J connectivity index is 2.66. The molecule has 0 amide bonds. The number of halogens is 2. The Morgan fingerprint density at radius 1 is 1.38 bits per heavy atom. The molecule has 1 heterocycles. The van der Waals surface area contributed by atoms with Crippen molar-refractivity contribution in [2.24, 2.45) is 0 Å². The van der Waals surface area contributed by atoms with E-state index in [1.54, 1.807) is 13.0 Å². The molecule has 2 nitrogen and oxygen atoms in total. The predicted octanol–water partition coefficient (Wildman–Crippen LogP) is 2.45. The fourth-order valence-corrected chi connectivity index (χ4v) is 1.65. The second kappa shape index (κ2) is 4.50. The first-order valence-corrected chi connectivity index (χ1v) is 4.79. The summed E-state index contributed by atoms with van der Waals surface area (Å²) in [5, 5.41) is 0.616. The Labute approximate surface area is 79.8 Å². The van der Waals surface area contributed by atoms with Crippen LogP contribution in [0.4, 0.5) is 8.78 Å². The average molecular weight is 204 g/mol. The normalized spacial score (nSPS) is 10.8. The van der Waals surface area contributed by atoms with Gasteiger partial charge in [0.1, 0.15) is 10.9 Å². The number of rotatable bonds is 3. The third-order valence-electron chi connectivity index (χ3n) is 1.30. The van der Waals surface area contributed by atoms with Crippen molar-refractivity contribution in [3.8, 4) is 0 Å². The highest BCUT2D eigenvalue weighted by Gasteiger charge is 2.05. The van der Waals surface area contributed by atoms with Crippen LogP contribution in [0.25, 0.3) is 0 Å². The van der Waals surface area contributed by atoms with Crippen LogP contribution in [0.5, 0.6) is 0 Å². The Morgan fingerprint density at radius 2 is 2.08 bits per heavy atom. The quantitative estimate of drug-likeness (QED) is 0.558. The van der Waals surface area contributed by atoms with Crippen molar-refractivity contribution in [3.05, 3.63) is 17.6 Å². The third kappa shape index (κ3) is 3.67. The maximum absolute atomic E-state index is 11.9. The van der Waals surface area contributed by atoms with Gasteiger partial charge in [-0.1, -0.05) is 0 Å². The van der Waals surface area contributed by atoms with Gasteiger partial charge in [-0.25, -0.2) is 18.7 Å². The molecule has 0 N–H and O–H groups in total. The highest BCUT2D eigenvalue weighted by Crippen LogP contribution is 2.18. The summed E-state index contributed by atoms with van der Waals surface area (Å²) in [7, 11) is 0. The smallest absolute Gasteiger partial charge is 0.238 e. The van der Waals surface area contributed by atoms with E-state index in [4.69, 9.17) is 0 Å². The van der Waals surface area contributed by atoms with Crippen molar-refractivity contribution in [3.63, 3.8) is 0 Å². The molecular weight excluding hydrogens is 194 g/mol. The lowest BCUT2D eigenvalue weighted by atomic mass is 10.4. The molecule has 1 rings (SSSR count). The SMILES string of the molecule is Cc1cc(SCC(F)F)nc(C)n1. The number of nitrogens with zero attached hydrogens (tertiary/aromatic N) is 2. The number of alkyl halides is 2. The van der Waals surface area contributed by atoms with Crippen molar-refractivity contribution in [1.82, 2.24) is 9.97 Å². The minimum atomic E-state index is -2.29. The van der Waals surface area contributed by atoms with Gasteiger partial charge in [-0.05, 0) is 19.9 Å². The Morgan fingerprint density at radius 3 is 2.62 bits per heavy atom. The van der Waals surface area contributed by atoms with Crippen LogP contribution in [0.3, 0.4) is 0 Å². The molecule has 5 heteroatoms. The number of aryl methyl sites for hydroxylation is 2. The van der Waals surface area contributed by atoms with Gasteiger partial charge in [-0.15, -0.1) is 11.8 Å². The molecule has 1 aromatic rings. The van der Waals surface area contributed by atoms with Crippen LogP contribution in [0.15, 0.2) is 11.1 Å². The summed E-state index contributed by atoms with van der Waals surface area (Å²) in [5.41, 5.74) is 0.810. The van der Waals surface area contributed by atoms with Gasteiger partial charge in [0.15, 0.2) is 0 Å². The van der Waals surface area contributed by atoms with E-state index in [1.807, 2.05) is 6.92 Å². The molecule has 13 heavy (non-hydrogen) atoms. The summed E-state index contributed by atoms with van der Waals surface area (Å²) in [6, 6.07) is 1.71. The van der Waals surface area contributed by atoms with Gasteiger partial charge in [0.25, 0.3) is 0 Å². The molecule has 0 aromatic carbocycles. The van der Waals surface area contributed by atoms with E-state index in [0.29, 0.717) is 10.9 Å². The number of hydrogen-bond donors (Lipinski definition) is 0. The van der Waals surface area contributed by atoms with E-state index < -0.39 is 6.43 Å². The summed E-state index contributed by atoms with van der Waals surface area (Å²) < 4.78 is 23.7. The van der Waals surface area contributed by atoms with E-state index >= 15 is 0 Å². The lowest BCUT2D eigenvalue weighted by Gasteiger charge is -2.02. The Bertz CT molecular complexity index is 271. The molecule has 1 aromatic heterocycles. The monoisotopic (exact) mass is 204 g/mol. The van der Waals surface area contributed by atoms with Crippen molar-refractivity contribution in [2.45, 2.75) is 25.3 Å². The first-order valence-electron chi connectivity index (χ1n) is 3.81. The maximum atomic E-state index is 11.9. The van der Waals surface area contributed by atoms with Gasteiger partial charge in [0.2, 0.25) is 6.43 Å². The zero-order valence-corrected chi connectivity index (χ0v) is 8.24. The van der Waals surface area contributed by atoms with E-state index in [0.717, 1.165) is 17.5 Å². The molecule has 0 aliphatic carbocycles. The van der Waals surface area contributed by atoms with Gasteiger partial charge >= 0.3 is 0 Å². The Hall–Kier alpha value is -0.710. The van der Waals surface area contributed by atoms with Crippen LogP contribution in [-0.4, -0.2) is 22.1 Å².